The van der Waals surface area contributed by atoms with E-state index in [0.717, 1.165) is 22.2 Å². The molecule has 3 N–H and O–H groups in total. The molecule has 0 saturated carbocycles. The first-order chi connectivity index (χ1) is 14.5. The van der Waals surface area contributed by atoms with Crippen molar-refractivity contribution < 1.29 is 9.53 Å². The van der Waals surface area contributed by atoms with E-state index in [1.165, 1.54) is 0 Å². The molecule has 1 amide bonds. The number of aromatic nitrogens is 2. The highest BCUT2D eigenvalue weighted by Crippen LogP contribution is 2.29. The Morgan fingerprint density at radius 2 is 1.97 bits per heavy atom. The second-order valence-electron chi connectivity index (χ2n) is 7.35. The van der Waals surface area contributed by atoms with Gasteiger partial charge in [0.05, 0.1) is 17.1 Å². The SMILES string of the molecule is COCCC1C(=O)NC(Nc2nc(-c3ccccc3)c3cc(Cl)ccc3n2)NC1C. The molecule has 3 atom stereocenters. The van der Waals surface area contributed by atoms with Crippen molar-refractivity contribution in [3.8, 4) is 11.3 Å². The molecular formula is C22H24ClN5O2. The zero-order valence-electron chi connectivity index (χ0n) is 16.9. The van der Waals surface area contributed by atoms with Gasteiger partial charge >= 0.3 is 0 Å². The van der Waals surface area contributed by atoms with Gasteiger partial charge in [-0.1, -0.05) is 41.9 Å². The average Bonchev–Trinajstić information content (AvgIpc) is 2.73. The Hall–Kier alpha value is -2.74. The van der Waals surface area contributed by atoms with Crippen LogP contribution in [0.5, 0.6) is 0 Å². The fourth-order valence-electron chi connectivity index (χ4n) is 3.71. The second kappa shape index (κ2) is 8.95. The van der Waals surface area contributed by atoms with Crippen molar-refractivity contribution in [1.82, 2.24) is 20.6 Å². The van der Waals surface area contributed by atoms with Crippen LogP contribution < -0.4 is 16.0 Å². The third kappa shape index (κ3) is 4.38. The Kier molecular flexibility index (Phi) is 6.13. The third-order valence-electron chi connectivity index (χ3n) is 5.27. The molecule has 3 unspecified atom stereocenters. The number of methoxy groups -OCH3 is 1. The van der Waals surface area contributed by atoms with Crippen LogP contribution in [0.1, 0.15) is 13.3 Å². The Bertz CT molecular complexity index is 1050. The summed E-state index contributed by atoms with van der Waals surface area (Å²) in [5.41, 5.74) is 2.51. The van der Waals surface area contributed by atoms with Crippen molar-refractivity contribution in [2.24, 2.45) is 5.92 Å². The van der Waals surface area contributed by atoms with E-state index in [2.05, 4.69) is 20.9 Å². The van der Waals surface area contributed by atoms with Crippen LogP contribution in [-0.2, 0) is 9.53 Å². The van der Waals surface area contributed by atoms with Crippen LogP contribution >= 0.6 is 11.6 Å². The van der Waals surface area contributed by atoms with Gasteiger partial charge in [-0.25, -0.2) is 9.97 Å². The molecule has 2 heterocycles. The zero-order chi connectivity index (χ0) is 21.1. The molecule has 1 fully saturated rings. The first-order valence-corrected chi connectivity index (χ1v) is 10.3. The molecule has 1 saturated heterocycles. The summed E-state index contributed by atoms with van der Waals surface area (Å²) >= 11 is 6.22. The normalized spacial score (nSPS) is 21.4. The van der Waals surface area contributed by atoms with Crippen LogP contribution in [0.25, 0.3) is 22.2 Å². The van der Waals surface area contributed by atoms with Crippen LogP contribution in [0.4, 0.5) is 5.95 Å². The molecule has 0 radical (unpaired) electrons. The first kappa shape index (κ1) is 20.5. The van der Waals surface area contributed by atoms with E-state index in [1.54, 1.807) is 13.2 Å². The topological polar surface area (TPSA) is 88.2 Å². The Morgan fingerprint density at radius 3 is 2.70 bits per heavy atom. The van der Waals surface area contributed by atoms with Crippen LogP contribution in [0.3, 0.4) is 0 Å². The number of carbonyl (C=O) groups excluding carboxylic acids is 1. The number of carbonyl (C=O) groups is 1. The summed E-state index contributed by atoms with van der Waals surface area (Å²) in [6.07, 6.45) is 0.189. The second-order valence-corrected chi connectivity index (χ2v) is 7.79. The number of anilines is 1. The van der Waals surface area contributed by atoms with Crippen LogP contribution in [0.15, 0.2) is 48.5 Å². The van der Waals surface area contributed by atoms with Gasteiger partial charge in [0.1, 0.15) is 0 Å². The van der Waals surface area contributed by atoms with Gasteiger partial charge < -0.3 is 15.4 Å². The number of hydrogen-bond acceptors (Lipinski definition) is 6. The highest BCUT2D eigenvalue weighted by molar-refractivity contribution is 6.31. The number of rotatable bonds is 6. The molecule has 1 aliphatic rings. The first-order valence-electron chi connectivity index (χ1n) is 9.90. The lowest BCUT2D eigenvalue weighted by molar-refractivity contribution is -0.129. The van der Waals surface area contributed by atoms with E-state index in [4.69, 9.17) is 21.3 Å². The van der Waals surface area contributed by atoms with Gasteiger partial charge in [0.15, 0.2) is 6.29 Å². The van der Waals surface area contributed by atoms with Gasteiger partial charge in [0, 0.05) is 35.7 Å². The molecular weight excluding hydrogens is 402 g/mol. The number of ether oxygens (including phenoxy) is 1. The predicted molar refractivity (Wildman–Crippen MR) is 118 cm³/mol. The van der Waals surface area contributed by atoms with Gasteiger partial charge in [-0.15, -0.1) is 0 Å². The molecule has 4 rings (SSSR count). The van der Waals surface area contributed by atoms with Crippen molar-refractivity contribution in [3.63, 3.8) is 0 Å². The van der Waals surface area contributed by atoms with Crippen LogP contribution in [0.2, 0.25) is 5.02 Å². The Balaban J connectivity index is 1.62. The minimum Gasteiger partial charge on any atom is -0.385 e. The number of fused-ring (bicyclic) bond motifs is 1. The van der Waals surface area contributed by atoms with E-state index in [-0.39, 0.29) is 17.9 Å². The summed E-state index contributed by atoms with van der Waals surface area (Å²) in [6, 6.07) is 15.4. The molecule has 30 heavy (non-hydrogen) atoms. The van der Waals surface area contributed by atoms with Crippen LogP contribution in [-0.4, -0.2) is 41.9 Å². The average molecular weight is 426 g/mol. The summed E-state index contributed by atoms with van der Waals surface area (Å²) < 4.78 is 5.12. The lowest BCUT2D eigenvalue weighted by Gasteiger charge is -2.35. The molecule has 1 aromatic heterocycles. The van der Waals surface area contributed by atoms with E-state index >= 15 is 0 Å². The quantitative estimate of drug-likeness (QED) is 0.561. The van der Waals surface area contributed by atoms with E-state index in [0.29, 0.717) is 24.0 Å². The van der Waals surface area contributed by atoms with Gasteiger partial charge in [0.25, 0.3) is 0 Å². The minimum atomic E-state index is -0.473. The summed E-state index contributed by atoms with van der Waals surface area (Å²) in [6.45, 7) is 2.53. The Morgan fingerprint density at radius 1 is 1.17 bits per heavy atom. The molecule has 0 aliphatic carbocycles. The van der Waals surface area contributed by atoms with Crippen molar-refractivity contribution in [3.05, 3.63) is 53.6 Å². The lowest BCUT2D eigenvalue weighted by Crippen LogP contribution is -2.63. The molecule has 7 nitrogen and oxygen atoms in total. The maximum Gasteiger partial charge on any atom is 0.227 e. The monoisotopic (exact) mass is 425 g/mol. The summed E-state index contributed by atoms with van der Waals surface area (Å²) in [7, 11) is 1.64. The number of nitrogens with one attached hydrogen (secondary N) is 3. The molecule has 8 heteroatoms. The fraction of sp³-hybridized carbons (Fsp3) is 0.318. The maximum absolute atomic E-state index is 12.5. The molecule has 0 bridgehead atoms. The highest BCUT2D eigenvalue weighted by atomic mass is 35.5. The largest absolute Gasteiger partial charge is 0.385 e. The van der Waals surface area contributed by atoms with E-state index in [1.807, 2.05) is 49.4 Å². The van der Waals surface area contributed by atoms with Gasteiger partial charge in [-0.05, 0) is 31.5 Å². The summed E-state index contributed by atoms with van der Waals surface area (Å²) in [5.74, 6) is 0.248. The van der Waals surface area contributed by atoms with Gasteiger partial charge in [-0.2, -0.15) is 0 Å². The number of halogens is 1. The molecule has 0 spiro atoms. The van der Waals surface area contributed by atoms with E-state index < -0.39 is 6.29 Å². The molecule has 2 aromatic carbocycles. The summed E-state index contributed by atoms with van der Waals surface area (Å²) in [5, 5.41) is 11.0. The molecule has 1 aliphatic heterocycles. The minimum absolute atomic E-state index is 0.0146. The number of amides is 1. The van der Waals surface area contributed by atoms with Crippen LogP contribution in [0, 0.1) is 5.92 Å². The smallest absolute Gasteiger partial charge is 0.227 e. The fourth-order valence-corrected chi connectivity index (χ4v) is 3.88. The maximum atomic E-state index is 12.5. The van der Waals surface area contributed by atoms with Gasteiger partial charge in [0.2, 0.25) is 11.9 Å². The van der Waals surface area contributed by atoms with Crippen molar-refractivity contribution in [1.29, 1.82) is 0 Å². The summed E-state index contributed by atoms with van der Waals surface area (Å²) in [4.78, 5) is 21.9. The Labute approximate surface area is 180 Å². The third-order valence-corrected chi connectivity index (χ3v) is 5.50. The van der Waals surface area contributed by atoms with Crippen molar-refractivity contribution in [2.75, 3.05) is 19.0 Å². The molecule has 3 aromatic rings. The number of hydrogen-bond donors (Lipinski definition) is 3. The predicted octanol–water partition coefficient (Wildman–Crippen LogP) is 3.41. The highest BCUT2D eigenvalue weighted by Gasteiger charge is 2.33. The standard InChI is InChI=1S/C22H24ClN5O2/c1-13-16(10-11-30-2)20(29)27-21(24-13)28-22-25-18-9-8-15(23)12-17(18)19(26-22)14-6-4-3-5-7-14/h3-9,12-13,16,21,24H,10-11H2,1-2H3,(H,27,29)(H,25,26,28). The van der Waals surface area contributed by atoms with Crippen molar-refractivity contribution >= 4 is 34.4 Å². The van der Waals surface area contributed by atoms with E-state index in [9.17, 15) is 4.79 Å². The van der Waals surface area contributed by atoms with Gasteiger partial charge in [-0.3, -0.25) is 10.1 Å². The number of benzene rings is 2. The van der Waals surface area contributed by atoms with Crippen molar-refractivity contribution in [2.45, 2.75) is 25.7 Å². The lowest BCUT2D eigenvalue weighted by atomic mass is 9.95. The number of nitrogens with zero attached hydrogens (tertiary/aromatic N) is 2. The molecule has 156 valence electrons. The zero-order valence-corrected chi connectivity index (χ0v) is 17.6.